The average molecular weight is 361 g/mol. The van der Waals surface area contributed by atoms with E-state index in [4.69, 9.17) is 0 Å². The Labute approximate surface area is 115 Å². The number of hydrogen-bond donors (Lipinski definition) is 0. The van der Waals surface area contributed by atoms with Crippen molar-refractivity contribution >= 4 is 44.7 Å². The Bertz CT molecular complexity index is 743. The molecule has 92 valence electrons. The second-order valence-electron chi connectivity index (χ2n) is 4.03. The molecular weight excluding hydrogens is 354 g/mol. The summed E-state index contributed by atoms with van der Waals surface area (Å²) >= 11 is 2.03. The Morgan fingerprint density at radius 3 is 2.28 bits per heavy atom. The van der Waals surface area contributed by atoms with Gasteiger partial charge in [0.1, 0.15) is 0 Å². The number of aromatic nitrogens is 1. The fourth-order valence-corrected chi connectivity index (χ4v) is 2.92. The van der Waals surface area contributed by atoms with E-state index in [0.717, 1.165) is 22.4 Å². The smallest absolute Gasteiger partial charge is 0.282 e. The minimum atomic E-state index is -4.30. The number of alkyl halides is 3. The van der Waals surface area contributed by atoms with Crippen molar-refractivity contribution in [2.75, 3.05) is 0 Å². The maximum absolute atomic E-state index is 12.7. The van der Waals surface area contributed by atoms with E-state index in [1.807, 2.05) is 47.1 Å². The molecule has 0 fully saturated rings. The Hall–Kier alpha value is -1.24. The monoisotopic (exact) mass is 361 g/mol. The lowest BCUT2D eigenvalue weighted by Gasteiger charge is -2.06. The van der Waals surface area contributed by atoms with Gasteiger partial charge in [-0.05, 0) is 18.2 Å². The quantitative estimate of drug-likeness (QED) is 0.496. The van der Waals surface area contributed by atoms with Crippen molar-refractivity contribution in [2.24, 2.45) is 0 Å². The third-order valence-corrected chi connectivity index (χ3v) is 3.98. The van der Waals surface area contributed by atoms with Crippen LogP contribution in [-0.4, -0.2) is 2.78 Å². The summed E-state index contributed by atoms with van der Waals surface area (Å²) < 4.78 is 39.8. The maximum Gasteiger partial charge on any atom is 0.416 e. The van der Waals surface area contributed by atoms with Gasteiger partial charge in [0.25, 0.3) is 0 Å². The van der Waals surface area contributed by atoms with Gasteiger partial charge in [0, 0.05) is 10.8 Å². The van der Waals surface area contributed by atoms with E-state index in [9.17, 15) is 13.2 Å². The van der Waals surface area contributed by atoms with Gasteiger partial charge < -0.3 is 0 Å². The van der Waals surface area contributed by atoms with Crippen molar-refractivity contribution in [3.05, 3.63) is 48.0 Å². The molecule has 0 N–H and O–H groups in total. The summed E-state index contributed by atoms with van der Waals surface area (Å²) in [6.07, 6.45) is -4.30. The zero-order chi connectivity index (χ0) is 12.9. The predicted molar refractivity (Wildman–Crippen MR) is 73.9 cm³/mol. The lowest BCUT2D eigenvalue weighted by molar-refractivity contribution is -0.137. The Kier molecular flexibility index (Phi) is 2.55. The van der Waals surface area contributed by atoms with Crippen LogP contribution >= 0.6 is 22.9 Å². The first kappa shape index (κ1) is 11.8. The molecule has 0 saturated carbocycles. The molecule has 0 saturated heterocycles. The Morgan fingerprint density at radius 2 is 1.56 bits per heavy atom. The van der Waals surface area contributed by atoms with Gasteiger partial charge >= 0.3 is 6.18 Å². The van der Waals surface area contributed by atoms with Crippen LogP contribution in [0.15, 0.2) is 42.5 Å². The zero-order valence-corrected chi connectivity index (χ0v) is 11.2. The van der Waals surface area contributed by atoms with Crippen LogP contribution in [0.2, 0.25) is 0 Å². The number of nitrogens with zero attached hydrogens (tertiary/aromatic N) is 1. The lowest BCUT2D eigenvalue weighted by Crippen LogP contribution is -2.04. The number of halogens is 4. The van der Waals surface area contributed by atoms with Crippen LogP contribution in [0.3, 0.4) is 0 Å². The Morgan fingerprint density at radius 1 is 0.889 bits per heavy atom. The molecule has 3 rings (SSSR count). The molecular formula is C13H7F3IN. The molecule has 1 aromatic heterocycles. The summed E-state index contributed by atoms with van der Waals surface area (Å²) in [6, 6.07) is 11.4. The van der Waals surface area contributed by atoms with Crippen LogP contribution in [0.25, 0.3) is 21.8 Å². The molecule has 0 amide bonds. The van der Waals surface area contributed by atoms with Gasteiger partial charge in [-0.3, -0.25) is 2.78 Å². The topological polar surface area (TPSA) is 4.93 Å². The van der Waals surface area contributed by atoms with Crippen molar-refractivity contribution in [1.29, 1.82) is 0 Å². The molecule has 5 heteroatoms. The molecule has 0 bridgehead atoms. The maximum atomic E-state index is 12.7. The third kappa shape index (κ3) is 1.68. The van der Waals surface area contributed by atoms with Crippen LogP contribution in [-0.2, 0) is 6.18 Å². The number of rotatable bonds is 0. The van der Waals surface area contributed by atoms with E-state index in [2.05, 4.69) is 0 Å². The second-order valence-corrected chi connectivity index (χ2v) is 4.99. The fourth-order valence-electron chi connectivity index (χ4n) is 2.10. The van der Waals surface area contributed by atoms with Gasteiger partial charge in [0.15, 0.2) is 0 Å². The summed E-state index contributed by atoms with van der Waals surface area (Å²) in [5.74, 6) is 0. The largest absolute Gasteiger partial charge is 0.416 e. The molecule has 2 aromatic carbocycles. The SMILES string of the molecule is FC(F)(F)c1ccc2c3ccccc3n(I)c2c1. The van der Waals surface area contributed by atoms with Crippen molar-refractivity contribution in [3.8, 4) is 0 Å². The van der Waals surface area contributed by atoms with E-state index < -0.39 is 11.7 Å². The Balaban J connectivity index is 2.42. The molecule has 0 aliphatic heterocycles. The first-order valence-electron chi connectivity index (χ1n) is 5.25. The summed E-state index contributed by atoms with van der Waals surface area (Å²) in [5, 5.41) is 1.81. The standard InChI is InChI=1S/C13H7F3IN/c14-13(15,16)8-5-6-10-9-3-1-2-4-11(9)18(17)12(10)7-8/h1-7H. The van der Waals surface area contributed by atoms with Crippen molar-refractivity contribution in [3.63, 3.8) is 0 Å². The molecule has 18 heavy (non-hydrogen) atoms. The van der Waals surface area contributed by atoms with E-state index in [1.54, 1.807) is 2.78 Å². The molecule has 0 radical (unpaired) electrons. The normalized spacial score (nSPS) is 12.4. The highest BCUT2D eigenvalue weighted by Gasteiger charge is 2.31. The fraction of sp³-hybridized carbons (Fsp3) is 0.0769. The molecule has 0 aliphatic carbocycles. The minimum absolute atomic E-state index is 0.589. The van der Waals surface area contributed by atoms with Crippen LogP contribution in [0.4, 0.5) is 13.2 Å². The van der Waals surface area contributed by atoms with Crippen molar-refractivity contribution in [2.45, 2.75) is 6.18 Å². The van der Waals surface area contributed by atoms with E-state index in [-0.39, 0.29) is 0 Å². The van der Waals surface area contributed by atoms with E-state index >= 15 is 0 Å². The molecule has 1 nitrogen and oxygen atoms in total. The summed E-state index contributed by atoms with van der Waals surface area (Å²) in [5.41, 5.74) is 0.898. The van der Waals surface area contributed by atoms with Crippen LogP contribution in [0, 0.1) is 0 Å². The number of benzene rings is 2. The van der Waals surface area contributed by atoms with Gasteiger partial charge in [0.05, 0.1) is 39.5 Å². The molecule has 0 aliphatic rings. The summed E-state index contributed by atoms with van der Waals surface area (Å²) in [4.78, 5) is 0. The minimum Gasteiger partial charge on any atom is -0.282 e. The van der Waals surface area contributed by atoms with Crippen LogP contribution < -0.4 is 0 Å². The van der Waals surface area contributed by atoms with Crippen molar-refractivity contribution in [1.82, 2.24) is 2.78 Å². The summed E-state index contributed by atoms with van der Waals surface area (Å²) in [7, 11) is 0. The third-order valence-electron chi connectivity index (χ3n) is 2.94. The number of hydrogen-bond acceptors (Lipinski definition) is 0. The highest BCUT2D eigenvalue weighted by molar-refractivity contribution is 14.1. The first-order chi connectivity index (χ1) is 8.48. The average Bonchev–Trinajstić information content (AvgIpc) is 2.63. The zero-order valence-electron chi connectivity index (χ0n) is 9.00. The van der Waals surface area contributed by atoms with Gasteiger partial charge in [-0.15, -0.1) is 0 Å². The molecule has 0 spiro atoms. The highest BCUT2D eigenvalue weighted by Crippen LogP contribution is 2.36. The van der Waals surface area contributed by atoms with Gasteiger partial charge in [-0.2, -0.15) is 13.2 Å². The van der Waals surface area contributed by atoms with Crippen molar-refractivity contribution < 1.29 is 13.2 Å². The number of fused-ring (bicyclic) bond motifs is 3. The lowest BCUT2D eigenvalue weighted by atomic mass is 10.1. The van der Waals surface area contributed by atoms with Gasteiger partial charge in [0.2, 0.25) is 0 Å². The van der Waals surface area contributed by atoms with Crippen LogP contribution in [0.1, 0.15) is 5.56 Å². The molecule has 0 atom stereocenters. The second kappa shape index (κ2) is 3.88. The highest BCUT2D eigenvalue weighted by atomic mass is 127. The molecule has 3 aromatic rings. The first-order valence-corrected chi connectivity index (χ1v) is 6.21. The predicted octanol–water partition coefficient (Wildman–Crippen LogP) is 5.01. The summed E-state index contributed by atoms with van der Waals surface area (Å²) in [6.45, 7) is 0. The van der Waals surface area contributed by atoms with E-state index in [0.29, 0.717) is 5.52 Å². The number of para-hydroxylation sites is 1. The van der Waals surface area contributed by atoms with Gasteiger partial charge in [-0.1, -0.05) is 24.3 Å². The van der Waals surface area contributed by atoms with Gasteiger partial charge in [-0.25, -0.2) is 0 Å². The molecule has 0 unspecified atom stereocenters. The van der Waals surface area contributed by atoms with Crippen LogP contribution in [0.5, 0.6) is 0 Å². The molecule has 1 heterocycles. The van der Waals surface area contributed by atoms with E-state index in [1.165, 1.54) is 12.1 Å².